The van der Waals surface area contributed by atoms with Crippen molar-refractivity contribution in [3.63, 3.8) is 0 Å². The molecule has 0 saturated heterocycles. The molecule has 6 heteroatoms. The quantitative estimate of drug-likeness (QED) is 0.413. The molecule has 0 unspecified atom stereocenters. The summed E-state index contributed by atoms with van der Waals surface area (Å²) in [5.74, 6) is -0.0582. The number of aryl methyl sites for hydroxylation is 2. The zero-order valence-electron chi connectivity index (χ0n) is 16.2. The number of fused-ring (bicyclic) bond motifs is 1. The van der Waals surface area contributed by atoms with Crippen molar-refractivity contribution < 1.29 is 4.79 Å². The molecule has 0 aliphatic heterocycles. The third-order valence-electron chi connectivity index (χ3n) is 4.69. The van der Waals surface area contributed by atoms with Crippen molar-refractivity contribution in [2.45, 2.75) is 26.8 Å². The lowest BCUT2D eigenvalue weighted by atomic mass is 10.1. The van der Waals surface area contributed by atoms with Crippen LogP contribution in [0, 0.1) is 13.8 Å². The molecule has 2 aromatic heterocycles. The van der Waals surface area contributed by atoms with Crippen molar-refractivity contribution in [3.8, 4) is 0 Å². The standard InChI is InChI=1S/C23H20ClN3OS/c1-15-11-16(2)22-20(12-15)26-23(29-22)27(14-18-8-5-6-10-25-18)21(28)13-17-7-3-4-9-19(17)24/h3-12H,13-14H2,1-2H3. The van der Waals surface area contributed by atoms with Gasteiger partial charge >= 0.3 is 0 Å². The minimum atomic E-state index is -0.0582. The summed E-state index contributed by atoms with van der Waals surface area (Å²) >= 11 is 7.82. The molecule has 0 spiro atoms. The molecule has 0 bridgehead atoms. The summed E-state index contributed by atoms with van der Waals surface area (Å²) in [5, 5.41) is 1.27. The lowest BCUT2D eigenvalue weighted by Gasteiger charge is -2.20. The van der Waals surface area contributed by atoms with Gasteiger partial charge in [0.25, 0.3) is 0 Å². The number of benzene rings is 2. The first-order chi connectivity index (χ1) is 14.0. The number of pyridine rings is 1. The third-order valence-corrected chi connectivity index (χ3v) is 6.28. The lowest BCUT2D eigenvalue weighted by molar-refractivity contribution is -0.118. The van der Waals surface area contributed by atoms with Crippen LogP contribution in [0.25, 0.3) is 10.2 Å². The summed E-state index contributed by atoms with van der Waals surface area (Å²) in [6.45, 7) is 4.49. The summed E-state index contributed by atoms with van der Waals surface area (Å²) in [6.07, 6.45) is 1.94. The van der Waals surface area contributed by atoms with E-state index in [9.17, 15) is 4.79 Å². The minimum Gasteiger partial charge on any atom is -0.282 e. The van der Waals surface area contributed by atoms with Crippen LogP contribution in [0.5, 0.6) is 0 Å². The van der Waals surface area contributed by atoms with E-state index in [2.05, 4.69) is 31.0 Å². The van der Waals surface area contributed by atoms with E-state index in [-0.39, 0.29) is 12.3 Å². The van der Waals surface area contributed by atoms with E-state index in [1.54, 1.807) is 17.2 Å². The van der Waals surface area contributed by atoms with Crippen LogP contribution in [0.15, 0.2) is 60.8 Å². The van der Waals surface area contributed by atoms with Gasteiger partial charge in [0.15, 0.2) is 5.13 Å². The summed E-state index contributed by atoms with van der Waals surface area (Å²) in [6, 6.07) is 17.3. The maximum atomic E-state index is 13.3. The van der Waals surface area contributed by atoms with Gasteiger partial charge in [-0.25, -0.2) is 4.98 Å². The molecule has 0 atom stereocenters. The van der Waals surface area contributed by atoms with Gasteiger partial charge in [-0.05, 0) is 54.8 Å². The largest absolute Gasteiger partial charge is 0.282 e. The number of amides is 1. The van der Waals surface area contributed by atoms with Crippen LogP contribution in [0.3, 0.4) is 0 Å². The normalized spacial score (nSPS) is 11.0. The van der Waals surface area contributed by atoms with Crippen molar-refractivity contribution in [1.82, 2.24) is 9.97 Å². The number of carbonyl (C=O) groups excluding carboxylic acids is 1. The summed E-state index contributed by atoms with van der Waals surface area (Å²) in [4.78, 5) is 24.2. The Morgan fingerprint density at radius 1 is 1.10 bits per heavy atom. The van der Waals surface area contributed by atoms with Crippen molar-refractivity contribution in [1.29, 1.82) is 0 Å². The minimum absolute atomic E-state index is 0.0582. The van der Waals surface area contributed by atoms with E-state index in [0.29, 0.717) is 16.7 Å². The first-order valence-corrected chi connectivity index (χ1v) is 10.5. The van der Waals surface area contributed by atoms with Crippen LogP contribution >= 0.6 is 22.9 Å². The van der Waals surface area contributed by atoms with Gasteiger partial charge in [-0.15, -0.1) is 0 Å². The number of thiazole rings is 1. The van der Waals surface area contributed by atoms with E-state index in [4.69, 9.17) is 16.6 Å². The highest BCUT2D eigenvalue weighted by Crippen LogP contribution is 2.33. The van der Waals surface area contributed by atoms with Gasteiger partial charge in [0.1, 0.15) is 0 Å². The van der Waals surface area contributed by atoms with Crippen molar-refractivity contribution >= 4 is 44.2 Å². The second-order valence-electron chi connectivity index (χ2n) is 7.00. The third kappa shape index (κ3) is 4.31. The van der Waals surface area contributed by atoms with E-state index in [1.807, 2.05) is 36.4 Å². The molecule has 4 rings (SSSR count). The summed E-state index contributed by atoms with van der Waals surface area (Å²) in [5.41, 5.74) is 4.86. The number of nitrogens with zero attached hydrogens (tertiary/aromatic N) is 3. The van der Waals surface area contributed by atoms with Gasteiger partial charge in [0.05, 0.1) is 28.9 Å². The molecule has 29 heavy (non-hydrogen) atoms. The Morgan fingerprint density at radius 3 is 2.66 bits per heavy atom. The molecular formula is C23H20ClN3OS. The Labute approximate surface area is 178 Å². The SMILES string of the molecule is Cc1cc(C)c2sc(N(Cc3ccccn3)C(=O)Cc3ccccc3Cl)nc2c1. The predicted octanol–water partition coefficient (Wildman–Crippen LogP) is 5.74. The van der Waals surface area contributed by atoms with Crippen LogP contribution in [-0.2, 0) is 17.8 Å². The van der Waals surface area contributed by atoms with Crippen LogP contribution in [0.1, 0.15) is 22.4 Å². The van der Waals surface area contributed by atoms with Crippen LogP contribution in [0.4, 0.5) is 5.13 Å². The molecule has 0 aliphatic carbocycles. The first kappa shape index (κ1) is 19.6. The highest BCUT2D eigenvalue weighted by Gasteiger charge is 2.22. The number of carbonyl (C=O) groups is 1. The molecular weight excluding hydrogens is 402 g/mol. The molecule has 2 heterocycles. The number of aromatic nitrogens is 2. The number of anilines is 1. The Kier molecular flexibility index (Phi) is 5.60. The van der Waals surface area contributed by atoms with Gasteiger partial charge in [-0.2, -0.15) is 0 Å². The highest BCUT2D eigenvalue weighted by molar-refractivity contribution is 7.22. The average molecular weight is 422 g/mol. The van der Waals surface area contributed by atoms with Gasteiger partial charge in [-0.1, -0.05) is 53.3 Å². The molecule has 0 saturated carbocycles. The zero-order chi connectivity index (χ0) is 20.4. The van der Waals surface area contributed by atoms with Gasteiger partial charge in [0.2, 0.25) is 5.91 Å². The topological polar surface area (TPSA) is 46.1 Å². The molecule has 2 aromatic carbocycles. The maximum Gasteiger partial charge on any atom is 0.233 e. The molecule has 4 nitrogen and oxygen atoms in total. The van der Waals surface area contributed by atoms with Gasteiger partial charge < -0.3 is 0 Å². The Balaban J connectivity index is 1.73. The van der Waals surface area contributed by atoms with E-state index in [1.165, 1.54) is 16.9 Å². The average Bonchev–Trinajstić information content (AvgIpc) is 3.12. The molecule has 0 N–H and O–H groups in total. The van der Waals surface area contributed by atoms with Crippen molar-refractivity contribution in [2.75, 3.05) is 4.90 Å². The van der Waals surface area contributed by atoms with E-state index < -0.39 is 0 Å². The molecule has 0 fully saturated rings. The number of hydrogen-bond acceptors (Lipinski definition) is 4. The fraction of sp³-hybridized carbons (Fsp3) is 0.174. The molecule has 146 valence electrons. The fourth-order valence-corrected chi connectivity index (χ4v) is 4.53. The van der Waals surface area contributed by atoms with Crippen LogP contribution in [-0.4, -0.2) is 15.9 Å². The second kappa shape index (κ2) is 8.31. The summed E-state index contributed by atoms with van der Waals surface area (Å²) < 4.78 is 1.10. The number of halogens is 1. The Hall–Kier alpha value is -2.76. The Bertz CT molecular complexity index is 1170. The van der Waals surface area contributed by atoms with Gasteiger partial charge in [-0.3, -0.25) is 14.7 Å². The fourth-order valence-electron chi connectivity index (χ4n) is 3.30. The maximum absolute atomic E-state index is 13.3. The molecule has 0 radical (unpaired) electrons. The number of rotatable bonds is 5. The highest BCUT2D eigenvalue weighted by atomic mass is 35.5. The molecule has 4 aromatic rings. The summed E-state index contributed by atoms with van der Waals surface area (Å²) in [7, 11) is 0. The second-order valence-corrected chi connectivity index (χ2v) is 8.38. The van der Waals surface area contributed by atoms with Gasteiger partial charge in [0, 0.05) is 11.2 Å². The number of hydrogen-bond donors (Lipinski definition) is 0. The van der Waals surface area contributed by atoms with Crippen LogP contribution < -0.4 is 4.90 Å². The first-order valence-electron chi connectivity index (χ1n) is 9.33. The molecule has 0 aliphatic rings. The van der Waals surface area contributed by atoms with Crippen LogP contribution in [0.2, 0.25) is 5.02 Å². The smallest absolute Gasteiger partial charge is 0.233 e. The predicted molar refractivity (Wildman–Crippen MR) is 120 cm³/mol. The molecule has 1 amide bonds. The zero-order valence-corrected chi connectivity index (χ0v) is 17.8. The lowest BCUT2D eigenvalue weighted by Crippen LogP contribution is -2.32. The van der Waals surface area contributed by atoms with Crippen molar-refractivity contribution in [3.05, 3.63) is 88.2 Å². The monoisotopic (exact) mass is 421 g/mol. The van der Waals surface area contributed by atoms with E-state index >= 15 is 0 Å². The van der Waals surface area contributed by atoms with Crippen molar-refractivity contribution in [2.24, 2.45) is 0 Å². The Morgan fingerprint density at radius 2 is 1.90 bits per heavy atom. The van der Waals surface area contributed by atoms with E-state index in [0.717, 1.165) is 27.0 Å².